The number of carbonyl (C=O) groups excluding carboxylic acids is 4. The zero-order chi connectivity index (χ0) is 27.8. The van der Waals surface area contributed by atoms with Crippen LogP contribution in [0.2, 0.25) is 18.1 Å². The summed E-state index contributed by atoms with van der Waals surface area (Å²) in [5, 5.41) is -0.109. The van der Waals surface area contributed by atoms with Crippen molar-refractivity contribution in [1.82, 2.24) is 9.80 Å². The summed E-state index contributed by atoms with van der Waals surface area (Å²) in [6.07, 6.45) is 3.57. The minimum atomic E-state index is -2.27. The van der Waals surface area contributed by atoms with Crippen molar-refractivity contribution >= 4 is 38.1 Å². The minimum absolute atomic E-state index is 0.0422. The van der Waals surface area contributed by atoms with Gasteiger partial charge in [0.15, 0.2) is 14.4 Å². The Hall–Kier alpha value is -3.56. The summed E-state index contributed by atoms with van der Waals surface area (Å²) < 4.78 is 11.4. The van der Waals surface area contributed by atoms with Crippen molar-refractivity contribution < 1.29 is 28.3 Å². The van der Waals surface area contributed by atoms with Crippen molar-refractivity contribution in [3.8, 4) is 0 Å². The molecular weight excluding hydrogens is 500 g/mol. The van der Waals surface area contributed by atoms with Crippen LogP contribution in [0.4, 0.5) is 0 Å². The molecule has 200 valence electrons. The van der Waals surface area contributed by atoms with E-state index in [4.69, 9.17) is 9.16 Å². The van der Waals surface area contributed by atoms with Crippen molar-refractivity contribution in [2.75, 3.05) is 13.7 Å². The number of fused-ring (bicyclic) bond motifs is 1. The van der Waals surface area contributed by atoms with Crippen LogP contribution in [0.15, 0.2) is 60.7 Å². The van der Waals surface area contributed by atoms with Crippen LogP contribution in [0.1, 0.15) is 47.1 Å². The van der Waals surface area contributed by atoms with Gasteiger partial charge in [0, 0.05) is 0 Å². The molecular formula is C29H34N2O6Si. The van der Waals surface area contributed by atoms with E-state index in [0.717, 1.165) is 10.5 Å². The number of β-lactam (4-membered cyclic amide) rings is 1. The highest BCUT2D eigenvalue weighted by atomic mass is 28.4. The molecule has 2 aromatic carbocycles. The second-order valence-corrected chi connectivity index (χ2v) is 15.9. The molecule has 0 aliphatic carbocycles. The third-order valence-corrected chi connectivity index (χ3v) is 12.3. The third kappa shape index (κ3) is 4.83. The first-order chi connectivity index (χ1) is 17.9. The van der Waals surface area contributed by atoms with Gasteiger partial charge < -0.3 is 14.1 Å². The van der Waals surface area contributed by atoms with Crippen molar-refractivity contribution in [2.45, 2.75) is 57.0 Å². The lowest BCUT2D eigenvalue weighted by Crippen LogP contribution is -2.74. The molecule has 0 bridgehead atoms. The van der Waals surface area contributed by atoms with Crippen molar-refractivity contribution in [2.24, 2.45) is 0 Å². The van der Waals surface area contributed by atoms with E-state index in [9.17, 15) is 19.2 Å². The molecule has 2 aliphatic heterocycles. The lowest BCUT2D eigenvalue weighted by Gasteiger charge is -2.51. The lowest BCUT2D eigenvalue weighted by atomic mass is 9.89. The Kier molecular flexibility index (Phi) is 7.45. The van der Waals surface area contributed by atoms with Gasteiger partial charge in [-0.25, -0.2) is 4.79 Å². The molecule has 9 heteroatoms. The lowest BCUT2D eigenvalue weighted by molar-refractivity contribution is -0.169. The van der Waals surface area contributed by atoms with E-state index in [0.29, 0.717) is 0 Å². The summed E-state index contributed by atoms with van der Waals surface area (Å²) in [4.78, 5) is 55.5. The molecule has 8 nitrogen and oxygen atoms in total. The normalized spacial score (nSPS) is 20.5. The van der Waals surface area contributed by atoms with Crippen molar-refractivity contribution in [3.05, 3.63) is 77.4 Å². The topological polar surface area (TPSA) is 93.2 Å². The number of ether oxygens (including phenoxy) is 1. The molecule has 0 radical (unpaired) electrons. The zero-order valence-electron chi connectivity index (χ0n) is 22.6. The molecule has 2 heterocycles. The van der Waals surface area contributed by atoms with Crippen LogP contribution in [0.5, 0.6) is 0 Å². The maximum Gasteiger partial charge on any atom is 0.330 e. The molecule has 38 heavy (non-hydrogen) atoms. The van der Waals surface area contributed by atoms with Gasteiger partial charge in [-0.2, -0.15) is 0 Å². The fourth-order valence-electron chi connectivity index (χ4n) is 4.47. The van der Waals surface area contributed by atoms with E-state index >= 15 is 0 Å². The van der Waals surface area contributed by atoms with E-state index in [1.807, 2.05) is 36.4 Å². The average molecular weight is 535 g/mol. The predicted octanol–water partition coefficient (Wildman–Crippen LogP) is 4.14. The molecule has 1 fully saturated rings. The summed E-state index contributed by atoms with van der Waals surface area (Å²) in [6.45, 7) is 10.3. The number of amides is 3. The fourth-order valence-corrected chi connectivity index (χ4v) is 5.48. The number of methoxy groups -OCH3 is 1. The smallest absolute Gasteiger partial charge is 0.330 e. The van der Waals surface area contributed by atoms with Crippen LogP contribution in [0, 0.1) is 0 Å². The number of hydrogen-bond acceptors (Lipinski definition) is 6. The molecule has 4 rings (SSSR count). The van der Waals surface area contributed by atoms with Gasteiger partial charge in [-0.15, -0.1) is 0 Å². The summed E-state index contributed by atoms with van der Waals surface area (Å²) in [5.74, 6) is -2.16. The Bertz CT molecular complexity index is 1250. The first kappa shape index (κ1) is 27.5. The number of carbonyl (C=O) groups is 4. The van der Waals surface area contributed by atoms with Gasteiger partial charge >= 0.3 is 5.97 Å². The number of nitrogens with zero attached hydrogens (tertiary/aromatic N) is 2. The molecule has 0 aromatic heterocycles. The number of hydrogen-bond donors (Lipinski definition) is 0. The largest absolute Gasteiger partial charge is 0.467 e. The zero-order valence-corrected chi connectivity index (χ0v) is 23.6. The number of likely N-dealkylation sites (tertiary alicyclic amines) is 1. The van der Waals surface area contributed by atoms with Gasteiger partial charge in [0.2, 0.25) is 5.91 Å². The van der Waals surface area contributed by atoms with Gasteiger partial charge in [-0.1, -0.05) is 75.4 Å². The SMILES string of the molecule is COC(=O)[C@H](CO[Si](C)(C)C(C)(C)C)N1C(=O)[C@H](N2C(=O)c3ccccc3C2=O)[C@@H]1C=Cc1ccccc1. The predicted molar refractivity (Wildman–Crippen MR) is 146 cm³/mol. The quantitative estimate of drug-likeness (QED) is 0.219. The molecule has 1 saturated heterocycles. The summed E-state index contributed by atoms with van der Waals surface area (Å²) in [7, 11) is -1.000. The first-order valence-electron chi connectivity index (χ1n) is 12.6. The number of rotatable bonds is 8. The number of imide groups is 1. The Morgan fingerprint density at radius 3 is 2.05 bits per heavy atom. The van der Waals surface area contributed by atoms with Crippen LogP contribution in [-0.4, -0.2) is 73.7 Å². The second-order valence-electron chi connectivity index (χ2n) is 11.1. The van der Waals surface area contributed by atoms with Crippen LogP contribution >= 0.6 is 0 Å². The standard InChI is InChI=1S/C29H34N2O6Si/c1-29(2,3)38(5,6)37-18-23(28(35)36-4)30-22(17-16-19-12-8-7-9-13-19)24(27(30)34)31-25(32)20-14-10-11-15-21(20)26(31)33/h7-17,22-24H,18H2,1-6H3/t22-,23-,24+/m0/s1. The highest BCUT2D eigenvalue weighted by Crippen LogP contribution is 2.38. The maximum absolute atomic E-state index is 13.7. The molecule has 0 N–H and O–H groups in total. The monoisotopic (exact) mass is 534 g/mol. The molecule has 3 atom stereocenters. The average Bonchev–Trinajstić information content (AvgIpc) is 3.13. The van der Waals surface area contributed by atoms with E-state index in [1.165, 1.54) is 12.0 Å². The molecule has 2 aromatic rings. The van der Waals surface area contributed by atoms with E-state index in [2.05, 4.69) is 33.9 Å². The molecule has 0 spiro atoms. The fraction of sp³-hybridized carbons (Fsp3) is 0.379. The second kappa shape index (κ2) is 10.3. The van der Waals surface area contributed by atoms with E-state index < -0.39 is 50.1 Å². The van der Waals surface area contributed by atoms with Crippen LogP contribution in [-0.2, 0) is 18.8 Å². The Morgan fingerprint density at radius 1 is 0.974 bits per heavy atom. The number of benzene rings is 2. The van der Waals surface area contributed by atoms with Crippen LogP contribution in [0.3, 0.4) is 0 Å². The summed E-state index contributed by atoms with van der Waals surface area (Å²) >= 11 is 0. The maximum atomic E-state index is 13.7. The van der Waals surface area contributed by atoms with Crippen molar-refractivity contribution in [3.63, 3.8) is 0 Å². The van der Waals surface area contributed by atoms with E-state index in [-0.39, 0.29) is 22.8 Å². The highest BCUT2D eigenvalue weighted by molar-refractivity contribution is 6.74. The molecule has 0 saturated carbocycles. The van der Waals surface area contributed by atoms with Crippen LogP contribution < -0.4 is 0 Å². The molecule has 3 amide bonds. The first-order valence-corrected chi connectivity index (χ1v) is 15.5. The van der Waals surface area contributed by atoms with Crippen LogP contribution in [0.25, 0.3) is 6.08 Å². The minimum Gasteiger partial charge on any atom is -0.467 e. The highest BCUT2D eigenvalue weighted by Gasteiger charge is 2.58. The van der Waals surface area contributed by atoms with Gasteiger partial charge in [0.05, 0.1) is 30.9 Å². The Labute approximate surface area is 224 Å². The van der Waals surface area contributed by atoms with Gasteiger partial charge in [-0.05, 0) is 35.8 Å². The summed E-state index contributed by atoms with van der Waals surface area (Å²) in [6, 6.07) is 13.1. The summed E-state index contributed by atoms with van der Waals surface area (Å²) in [5.41, 5.74) is 1.40. The Morgan fingerprint density at radius 2 is 1.53 bits per heavy atom. The third-order valence-electron chi connectivity index (χ3n) is 7.76. The molecule has 2 aliphatic rings. The van der Waals surface area contributed by atoms with Gasteiger partial charge in [-0.3, -0.25) is 19.3 Å². The van der Waals surface area contributed by atoms with E-state index in [1.54, 1.807) is 30.3 Å². The van der Waals surface area contributed by atoms with Crippen molar-refractivity contribution in [1.29, 1.82) is 0 Å². The van der Waals surface area contributed by atoms with Gasteiger partial charge in [0.25, 0.3) is 11.8 Å². The molecule has 0 unspecified atom stereocenters. The Balaban J connectivity index is 1.69. The van der Waals surface area contributed by atoms with Gasteiger partial charge in [0.1, 0.15) is 6.04 Å². The number of esters is 1.